The summed E-state index contributed by atoms with van der Waals surface area (Å²) in [6.45, 7) is 5.72. The van der Waals surface area contributed by atoms with Crippen molar-refractivity contribution in [2.45, 2.75) is 79.7 Å². The van der Waals surface area contributed by atoms with Crippen LogP contribution in [0.2, 0.25) is 20.1 Å². The second kappa shape index (κ2) is 32.4. The number of carbonyl (C=O) groups excluding carboxylic acids is 2. The molecule has 0 unspecified atom stereocenters. The van der Waals surface area contributed by atoms with Crippen LogP contribution in [0, 0.1) is 0 Å². The van der Waals surface area contributed by atoms with Crippen LogP contribution < -0.4 is 26.8 Å². The van der Waals surface area contributed by atoms with Gasteiger partial charge in [-0.1, -0.05) is 77.1 Å². The molecule has 6 rings (SSSR count). The zero-order chi connectivity index (χ0) is 57.7. The van der Waals surface area contributed by atoms with E-state index in [1.54, 1.807) is 48.5 Å². The Bertz CT molecular complexity index is 3010. The van der Waals surface area contributed by atoms with E-state index in [-0.39, 0.29) is 79.5 Å². The molecule has 80 heavy (non-hydrogen) atoms. The number of nitrogens with two attached hydrogens (primary N) is 2. The van der Waals surface area contributed by atoms with Gasteiger partial charge < -0.3 is 45.5 Å². The molecule has 0 fully saturated rings. The average molecular weight is 1230 g/mol. The highest BCUT2D eigenvalue weighted by molar-refractivity contribution is 7.91. The number of hydrogen-bond acceptors (Lipinski definition) is 13. The first-order chi connectivity index (χ1) is 38.3. The average Bonchev–Trinajstić information content (AvgIpc) is 3.42. The smallest absolute Gasteiger partial charge is 0.338 e. The minimum atomic E-state index is -3.81. The predicted octanol–water partition coefficient (Wildman–Crippen LogP) is 8.14. The number of ether oxygens (including phenoxy) is 4. The SMILES string of the molecule is CN1Cc2c(Cl)cc(Cl)cc2[C@@H](c2cccc(S(=O)(=O)CCCOCCOCCNC(=NCCCCCC(CCCOCCOCCNS(=O)(=O)c3cccc([C@@H]4CN(C)Cc5c(Cl)cc(Cl)cc54)c3)=NC(N)=O)NC(N)=O)c2)C1. The molecule has 7 N–H and O–H groups in total. The standard InChI is InChI=1S/C55H73Cl4N9O10S2/c1-67-34-47(45-30-40(56)32-51(58)49(45)36-67)38-10-6-14-43(28-38)79(71,72)27-9-20-76-24-25-77-21-17-63-55(66-54(61)70)62-16-5-3-4-12-42(65-53(60)69)13-8-19-75-23-26-78-22-18-64-80(73,74)44-15-7-11-39(29-44)48-35-68(2)37-50-46(48)31-41(57)33-52(50)59/h6-7,10-11,14-15,28-33,47-48,64H,3-5,8-9,12-13,16-27,34-37H2,1-2H3,(H2,60,69)(H4,61,62,63,66,70)/t47-,48+/m1/s1. The van der Waals surface area contributed by atoms with Gasteiger partial charge in [-0.15, -0.1) is 0 Å². The number of halogens is 4. The van der Waals surface area contributed by atoms with Crippen molar-refractivity contribution in [3.63, 3.8) is 0 Å². The fourth-order valence-electron chi connectivity index (χ4n) is 9.61. The highest BCUT2D eigenvalue weighted by Gasteiger charge is 2.30. The Morgan fingerprint density at radius 3 is 1.74 bits per heavy atom. The van der Waals surface area contributed by atoms with E-state index in [0.29, 0.717) is 110 Å². The Hall–Kier alpha value is -4.46. The summed E-state index contributed by atoms with van der Waals surface area (Å²) in [5.41, 5.74) is 17.1. The van der Waals surface area contributed by atoms with Crippen LogP contribution in [-0.2, 0) is 51.9 Å². The van der Waals surface area contributed by atoms with E-state index in [1.165, 1.54) is 0 Å². The maximum atomic E-state index is 13.3. The zero-order valence-corrected chi connectivity index (χ0v) is 49.9. The summed E-state index contributed by atoms with van der Waals surface area (Å²) in [6, 6.07) is 19.7. The van der Waals surface area contributed by atoms with Crippen LogP contribution in [0.5, 0.6) is 0 Å². The monoisotopic (exact) mass is 1220 g/mol. The van der Waals surface area contributed by atoms with Crippen molar-refractivity contribution in [1.29, 1.82) is 0 Å². The normalized spacial score (nSPS) is 16.3. The summed E-state index contributed by atoms with van der Waals surface area (Å²) in [5.74, 6) is -0.0392. The third-order valence-corrected chi connectivity index (χ3v) is 17.7. The number of rotatable bonds is 31. The molecule has 0 spiro atoms. The molecule has 0 saturated heterocycles. The first-order valence-electron chi connectivity index (χ1n) is 26.6. The number of benzene rings is 4. The number of fused-ring (bicyclic) bond motifs is 2. The topological polar surface area (TPSA) is 259 Å². The molecule has 0 radical (unpaired) electrons. The number of sulfone groups is 1. The predicted molar refractivity (Wildman–Crippen MR) is 315 cm³/mol. The van der Waals surface area contributed by atoms with Crippen molar-refractivity contribution >= 4 is 90.0 Å². The van der Waals surface area contributed by atoms with Gasteiger partial charge in [-0.3, -0.25) is 10.3 Å². The van der Waals surface area contributed by atoms with Gasteiger partial charge in [0.2, 0.25) is 10.0 Å². The highest BCUT2D eigenvalue weighted by Crippen LogP contribution is 2.40. The van der Waals surface area contributed by atoms with E-state index in [0.717, 1.165) is 46.2 Å². The van der Waals surface area contributed by atoms with Crippen molar-refractivity contribution < 1.29 is 45.4 Å². The zero-order valence-electron chi connectivity index (χ0n) is 45.2. The van der Waals surface area contributed by atoms with Crippen molar-refractivity contribution in [2.75, 3.05) is 105 Å². The van der Waals surface area contributed by atoms with Gasteiger partial charge in [0.1, 0.15) is 0 Å². The maximum Gasteiger partial charge on any atom is 0.338 e. The van der Waals surface area contributed by atoms with Crippen LogP contribution >= 0.6 is 46.4 Å². The number of hydrogen-bond donors (Lipinski definition) is 5. The van der Waals surface area contributed by atoms with Gasteiger partial charge in [0, 0.05) is 96.7 Å². The molecular formula is C55H73Cl4N9O10S2. The Morgan fingerprint density at radius 2 is 1.16 bits per heavy atom. The number of amides is 4. The van der Waals surface area contributed by atoms with Gasteiger partial charge in [0.25, 0.3) is 0 Å². The molecule has 2 atom stereocenters. The number of nitrogens with zero attached hydrogens (tertiary/aromatic N) is 4. The van der Waals surface area contributed by atoms with Crippen molar-refractivity contribution in [1.82, 2.24) is 25.2 Å². The van der Waals surface area contributed by atoms with Gasteiger partial charge in [-0.25, -0.2) is 36.1 Å². The molecule has 2 aliphatic heterocycles. The first kappa shape index (κ1) is 64.7. The van der Waals surface area contributed by atoms with E-state index in [2.05, 4.69) is 35.1 Å². The molecule has 2 aliphatic rings. The van der Waals surface area contributed by atoms with Gasteiger partial charge in [-0.2, -0.15) is 0 Å². The number of nitrogens with one attached hydrogen (secondary N) is 3. The van der Waals surface area contributed by atoms with Crippen molar-refractivity contribution in [3.05, 3.63) is 126 Å². The van der Waals surface area contributed by atoms with Crippen molar-refractivity contribution in [2.24, 2.45) is 21.5 Å². The van der Waals surface area contributed by atoms with Gasteiger partial charge in [0.15, 0.2) is 15.8 Å². The fourth-order valence-corrected chi connectivity index (χ4v) is 13.1. The summed E-state index contributed by atoms with van der Waals surface area (Å²) in [5, 5.41) is 7.76. The summed E-state index contributed by atoms with van der Waals surface area (Å²) >= 11 is 25.8. The third-order valence-electron chi connectivity index (χ3n) is 13.4. The molecule has 2 heterocycles. The number of guanidine groups is 1. The first-order valence-corrected chi connectivity index (χ1v) is 31.2. The number of primary amides is 2. The van der Waals surface area contributed by atoms with E-state index in [9.17, 15) is 26.4 Å². The second-order valence-electron chi connectivity index (χ2n) is 19.7. The Labute approximate surface area is 490 Å². The van der Waals surface area contributed by atoms with E-state index >= 15 is 0 Å². The lowest BCUT2D eigenvalue weighted by atomic mass is 9.85. The molecule has 0 bridgehead atoms. The Morgan fingerprint density at radius 1 is 0.637 bits per heavy atom. The Balaban J connectivity index is 0.784. The van der Waals surface area contributed by atoms with Crippen LogP contribution in [0.3, 0.4) is 0 Å². The minimum absolute atomic E-state index is 0.0703. The summed E-state index contributed by atoms with van der Waals surface area (Å²) in [6.07, 6.45) is 4.19. The van der Waals surface area contributed by atoms with Gasteiger partial charge in [-0.05, 0) is 135 Å². The molecule has 4 amide bonds. The maximum absolute atomic E-state index is 13.3. The summed E-state index contributed by atoms with van der Waals surface area (Å²) < 4.78 is 78.3. The van der Waals surface area contributed by atoms with Crippen LogP contribution in [0.25, 0.3) is 0 Å². The summed E-state index contributed by atoms with van der Waals surface area (Å²) in [7, 11) is -3.37. The van der Waals surface area contributed by atoms with E-state index in [4.69, 9.17) is 76.8 Å². The fraction of sp³-hybridized carbons (Fsp3) is 0.491. The highest BCUT2D eigenvalue weighted by atomic mass is 35.5. The molecule has 4 aromatic carbocycles. The van der Waals surface area contributed by atoms with Crippen LogP contribution in [0.1, 0.15) is 90.2 Å². The molecule has 0 saturated carbocycles. The number of sulfonamides is 1. The number of aliphatic imine (C=N–C) groups is 2. The minimum Gasteiger partial charge on any atom is -0.379 e. The molecular weight excluding hydrogens is 1150 g/mol. The number of carbonyl (C=O) groups is 2. The van der Waals surface area contributed by atoms with Gasteiger partial charge in [0.05, 0.1) is 55.2 Å². The number of unbranched alkanes of at least 4 members (excludes halogenated alkanes) is 2. The molecule has 0 aromatic heterocycles. The second-order valence-corrected chi connectivity index (χ2v) is 25.2. The number of urea groups is 2. The molecule has 19 nitrogen and oxygen atoms in total. The van der Waals surface area contributed by atoms with Crippen molar-refractivity contribution in [3.8, 4) is 0 Å². The number of likely N-dealkylation sites (N-methyl/N-ethyl adjacent to an activating group) is 2. The lowest BCUT2D eigenvalue weighted by Gasteiger charge is -2.33. The van der Waals surface area contributed by atoms with E-state index < -0.39 is 31.9 Å². The largest absolute Gasteiger partial charge is 0.379 e. The molecule has 25 heteroatoms. The van der Waals surface area contributed by atoms with E-state index in [1.807, 2.05) is 38.4 Å². The molecule has 4 aromatic rings. The summed E-state index contributed by atoms with van der Waals surface area (Å²) in [4.78, 5) is 36.4. The van der Waals surface area contributed by atoms with Crippen LogP contribution in [-0.4, -0.2) is 156 Å². The molecule has 438 valence electrons. The third kappa shape index (κ3) is 20.8. The lowest BCUT2D eigenvalue weighted by molar-refractivity contribution is 0.0495. The quantitative estimate of drug-likeness (QED) is 0.0181. The van der Waals surface area contributed by atoms with Crippen LogP contribution in [0.15, 0.2) is 92.6 Å². The lowest BCUT2D eigenvalue weighted by Crippen LogP contribution is -2.44. The Kier molecular flexibility index (Phi) is 26.2. The van der Waals surface area contributed by atoms with Crippen LogP contribution in [0.4, 0.5) is 9.59 Å². The molecule has 0 aliphatic carbocycles. The van der Waals surface area contributed by atoms with Gasteiger partial charge >= 0.3 is 12.1 Å².